The highest BCUT2D eigenvalue weighted by Crippen LogP contribution is 2.28. The van der Waals surface area contributed by atoms with Crippen molar-refractivity contribution in [1.82, 2.24) is 4.98 Å². The molecule has 0 unspecified atom stereocenters. The van der Waals surface area contributed by atoms with Crippen LogP contribution in [0.15, 0.2) is 28.6 Å². The van der Waals surface area contributed by atoms with Gasteiger partial charge in [-0.2, -0.15) is 0 Å². The molecule has 0 radical (unpaired) electrons. The molecular weight excluding hydrogens is 250 g/mol. The van der Waals surface area contributed by atoms with Crippen LogP contribution in [0.4, 0.5) is 0 Å². The van der Waals surface area contributed by atoms with Crippen LogP contribution in [0.5, 0.6) is 0 Å². The molecule has 3 nitrogen and oxygen atoms in total. The Bertz CT molecular complexity index is 436. The molecule has 0 fully saturated rings. The molecule has 15 heavy (non-hydrogen) atoms. The van der Waals surface area contributed by atoms with Crippen LogP contribution in [0.3, 0.4) is 0 Å². The van der Waals surface area contributed by atoms with Crippen LogP contribution in [0.2, 0.25) is 0 Å². The maximum atomic E-state index is 7.11. The van der Waals surface area contributed by atoms with Crippen LogP contribution < -0.4 is 18.1 Å². The number of aromatic nitrogens is 1. The molecule has 0 aliphatic carbocycles. The highest BCUT2D eigenvalue weighted by Gasteiger charge is 2.03. The maximum absolute atomic E-state index is 7.11. The summed E-state index contributed by atoms with van der Waals surface area (Å²) in [4.78, 5) is 4.41. The molecule has 0 bridgehead atoms. The van der Waals surface area contributed by atoms with Crippen molar-refractivity contribution in [2.75, 3.05) is 5.75 Å². The molecule has 2 rings (SSSR count). The molecule has 0 saturated carbocycles. The molecule has 2 aromatic rings. The van der Waals surface area contributed by atoms with Gasteiger partial charge < -0.3 is 18.1 Å². The lowest BCUT2D eigenvalue weighted by atomic mass is 10.3. The highest BCUT2D eigenvalue weighted by molar-refractivity contribution is 8.01. The molecule has 0 aliphatic rings. The maximum Gasteiger partial charge on any atom is 0.151 e. The first-order valence-electron chi connectivity index (χ1n) is 4.07. The second-order valence-electron chi connectivity index (χ2n) is 2.76. The zero-order chi connectivity index (χ0) is 9.97. The number of hydrogen-bond donors (Lipinski definition) is 2. The molecule has 0 amide bonds. The monoisotopic (exact) mass is 258 g/mol. The summed E-state index contributed by atoms with van der Waals surface area (Å²) < 4.78 is 2.15. The molecule has 1 aromatic heterocycles. The highest BCUT2D eigenvalue weighted by atomic mass is 35.5. The largest absolute Gasteiger partial charge is 1.00 e. The Morgan fingerprint density at radius 2 is 2.20 bits per heavy atom. The molecule has 6 heteroatoms. The Hall–Kier alpha value is -0.780. The zero-order valence-corrected chi connectivity index (χ0v) is 10.1. The van der Waals surface area contributed by atoms with Crippen LogP contribution in [-0.4, -0.2) is 16.6 Å². The Balaban J connectivity index is 0.00000112. The fraction of sp³-hybridized carbons (Fsp3) is 0.111. The molecular formula is C9H9ClN3S2-. The summed E-state index contributed by atoms with van der Waals surface area (Å²) in [5.41, 5.74) is 6.29. The van der Waals surface area contributed by atoms with Crippen LogP contribution in [0, 0.1) is 5.41 Å². The van der Waals surface area contributed by atoms with Gasteiger partial charge in [0.25, 0.3) is 0 Å². The van der Waals surface area contributed by atoms with Gasteiger partial charge in [-0.25, -0.2) is 4.98 Å². The minimum atomic E-state index is 0. The van der Waals surface area contributed by atoms with E-state index in [1.807, 2.05) is 24.3 Å². The average molecular weight is 259 g/mol. The minimum absolute atomic E-state index is 0. The summed E-state index contributed by atoms with van der Waals surface area (Å²) >= 11 is 3.15. The van der Waals surface area contributed by atoms with E-state index < -0.39 is 0 Å². The molecule has 1 heterocycles. The predicted octanol–water partition coefficient (Wildman–Crippen LogP) is -0.672. The van der Waals surface area contributed by atoms with Crippen molar-refractivity contribution in [2.24, 2.45) is 5.73 Å². The van der Waals surface area contributed by atoms with Crippen molar-refractivity contribution in [1.29, 1.82) is 5.41 Å². The number of amidine groups is 1. The van der Waals surface area contributed by atoms with Crippen LogP contribution in [0.25, 0.3) is 10.2 Å². The van der Waals surface area contributed by atoms with Gasteiger partial charge in [-0.05, 0) is 12.1 Å². The number of halogens is 1. The van der Waals surface area contributed by atoms with E-state index >= 15 is 0 Å². The number of fused-ring (bicyclic) bond motifs is 1. The van der Waals surface area contributed by atoms with Crippen molar-refractivity contribution in [3.63, 3.8) is 0 Å². The first-order valence-corrected chi connectivity index (χ1v) is 5.87. The van der Waals surface area contributed by atoms with Crippen LogP contribution in [-0.2, 0) is 0 Å². The summed E-state index contributed by atoms with van der Waals surface area (Å²) in [6.07, 6.45) is 0. The number of nitrogens with zero attached hydrogens (tertiary/aromatic N) is 1. The van der Waals surface area contributed by atoms with Gasteiger partial charge in [0.2, 0.25) is 0 Å². The molecule has 1 aromatic carbocycles. The number of hydrogen-bond acceptors (Lipinski definition) is 4. The first kappa shape index (κ1) is 12.3. The fourth-order valence-corrected chi connectivity index (χ4v) is 2.87. The van der Waals surface area contributed by atoms with Gasteiger partial charge in [0.1, 0.15) is 5.84 Å². The Kier molecular flexibility index (Phi) is 4.38. The molecule has 0 saturated heterocycles. The van der Waals surface area contributed by atoms with Crippen molar-refractivity contribution in [3.05, 3.63) is 24.3 Å². The first-order chi connectivity index (χ1) is 6.75. The minimum Gasteiger partial charge on any atom is -1.00 e. The topological polar surface area (TPSA) is 62.8 Å². The number of thiazole rings is 1. The summed E-state index contributed by atoms with van der Waals surface area (Å²) in [5.74, 6) is 0.703. The summed E-state index contributed by atoms with van der Waals surface area (Å²) in [7, 11) is 0. The normalized spacial score (nSPS) is 9.87. The van der Waals surface area contributed by atoms with E-state index in [4.69, 9.17) is 11.1 Å². The summed E-state index contributed by atoms with van der Waals surface area (Å²) in [6, 6.07) is 8.01. The molecule has 0 aliphatic heterocycles. The van der Waals surface area contributed by atoms with Crippen molar-refractivity contribution >= 4 is 39.2 Å². The van der Waals surface area contributed by atoms with Gasteiger partial charge in [-0.1, -0.05) is 23.9 Å². The van der Waals surface area contributed by atoms with Gasteiger partial charge in [0.05, 0.1) is 16.0 Å². The number of para-hydroxylation sites is 1. The molecule has 0 spiro atoms. The number of thioether (sulfide) groups is 1. The number of nitrogens with one attached hydrogen (secondary N) is 1. The lowest BCUT2D eigenvalue weighted by Crippen LogP contribution is -3.00. The van der Waals surface area contributed by atoms with E-state index in [1.54, 1.807) is 11.3 Å². The van der Waals surface area contributed by atoms with Crippen molar-refractivity contribution < 1.29 is 12.4 Å². The zero-order valence-electron chi connectivity index (χ0n) is 7.74. The molecule has 0 atom stereocenters. The number of benzene rings is 1. The quantitative estimate of drug-likeness (QED) is 0.436. The second-order valence-corrected chi connectivity index (χ2v) is 5.01. The lowest BCUT2D eigenvalue weighted by Gasteiger charge is -1.92. The summed E-state index contributed by atoms with van der Waals surface area (Å²) in [5, 5.41) is 7.11. The standard InChI is InChI=1S/C9H9N3S2.ClH/c10-8(11)5-13-9-12-6-3-1-2-4-7(6)14-9;/h1-4H,5H2,(H3,10,11);1H/p-1. The van der Waals surface area contributed by atoms with E-state index in [1.165, 1.54) is 16.5 Å². The van der Waals surface area contributed by atoms with Crippen LogP contribution >= 0.6 is 23.1 Å². The predicted molar refractivity (Wildman–Crippen MR) is 62.3 cm³/mol. The Morgan fingerprint density at radius 1 is 1.47 bits per heavy atom. The molecule has 3 N–H and O–H groups in total. The van der Waals surface area contributed by atoms with E-state index in [0.717, 1.165) is 9.86 Å². The van der Waals surface area contributed by atoms with Crippen LogP contribution in [0.1, 0.15) is 0 Å². The number of rotatable bonds is 3. The van der Waals surface area contributed by atoms with Gasteiger partial charge in [0.15, 0.2) is 4.34 Å². The van der Waals surface area contributed by atoms with Crippen molar-refractivity contribution in [2.45, 2.75) is 4.34 Å². The third-order valence-electron chi connectivity index (χ3n) is 1.63. The van der Waals surface area contributed by atoms with E-state index in [2.05, 4.69) is 4.98 Å². The third kappa shape index (κ3) is 3.09. The van der Waals surface area contributed by atoms with Gasteiger partial charge in [0, 0.05) is 0 Å². The average Bonchev–Trinajstić information content (AvgIpc) is 2.57. The Labute approximate surface area is 102 Å². The number of nitrogens with two attached hydrogens (primary N) is 1. The Morgan fingerprint density at radius 3 is 2.87 bits per heavy atom. The van der Waals surface area contributed by atoms with Gasteiger partial charge in [-0.15, -0.1) is 11.3 Å². The van der Waals surface area contributed by atoms with E-state index in [9.17, 15) is 0 Å². The SMILES string of the molecule is N=C(N)CSc1nc2ccccc2s1.[Cl-]. The van der Waals surface area contributed by atoms with Gasteiger partial charge in [-0.3, -0.25) is 5.41 Å². The smallest absolute Gasteiger partial charge is 0.151 e. The molecule has 80 valence electrons. The van der Waals surface area contributed by atoms with Crippen molar-refractivity contribution in [3.8, 4) is 0 Å². The third-order valence-corrected chi connectivity index (χ3v) is 3.85. The summed E-state index contributed by atoms with van der Waals surface area (Å²) in [6.45, 7) is 0. The van der Waals surface area contributed by atoms with E-state index in [0.29, 0.717) is 5.75 Å². The fourth-order valence-electron chi connectivity index (χ4n) is 1.05. The van der Waals surface area contributed by atoms with E-state index in [-0.39, 0.29) is 18.2 Å². The lowest BCUT2D eigenvalue weighted by molar-refractivity contribution is -0.00000315. The van der Waals surface area contributed by atoms with Gasteiger partial charge >= 0.3 is 0 Å². The second kappa shape index (κ2) is 5.34.